The number of aryl methyl sites for hydroxylation is 3. The molecule has 1 aliphatic heterocycles. The van der Waals surface area contributed by atoms with Crippen LogP contribution in [0.15, 0.2) is 28.8 Å². The van der Waals surface area contributed by atoms with Gasteiger partial charge in [-0.1, -0.05) is 30.3 Å². The second-order valence-electron chi connectivity index (χ2n) is 6.83. The van der Waals surface area contributed by atoms with Crippen molar-refractivity contribution >= 4 is 5.91 Å². The second-order valence-corrected chi connectivity index (χ2v) is 6.83. The van der Waals surface area contributed by atoms with Gasteiger partial charge in [-0.2, -0.15) is 10.1 Å². The fourth-order valence-electron chi connectivity index (χ4n) is 3.55. The zero-order valence-electron chi connectivity index (χ0n) is 16.3. The van der Waals surface area contributed by atoms with Crippen molar-refractivity contribution in [2.75, 3.05) is 7.11 Å². The van der Waals surface area contributed by atoms with Crippen molar-refractivity contribution < 1.29 is 14.1 Å². The van der Waals surface area contributed by atoms with Crippen LogP contribution < -0.4 is 4.74 Å². The highest BCUT2D eigenvalue weighted by Crippen LogP contribution is 2.32. The summed E-state index contributed by atoms with van der Waals surface area (Å²) in [5, 5.41) is 8.48. The molecule has 3 aromatic rings. The van der Waals surface area contributed by atoms with Crippen LogP contribution in [0, 0.1) is 0 Å². The number of methoxy groups -OCH3 is 1. The third-order valence-corrected chi connectivity index (χ3v) is 5.10. The number of nitrogens with zero attached hydrogens (tertiary/aromatic N) is 5. The van der Waals surface area contributed by atoms with E-state index in [1.165, 1.54) is 0 Å². The quantitative estimate of drug-likeness (QED) is 0.652. The van der Waals surface area contributed by atoms with E-state index in [4.69, 9.17) is 9.26 Å². The maximum absolute atomic E-state index is 12.8. The molecule has 28 heavy (non-hydrogen) atoms. The van der Waals surface area contributed by atoms with Gasteiger partial charge in [-0.3, -0.25) is 9.48 Å². The van der Waals surface area contributed by atoms with E-state index in [0.717, 1.165) is 22.6 Å². The molecule has 1 amide bonds. The molecule has 0 spiro atoms. The summed E-state index contributed by atoms with van der Waals surface area (Å²) in [6.45, 7) is 3.02. The first-order chi connectivity index (χ1) is 13.6. The Morgan fingerprint density at radius 2 is 2.11 bits per heavy atom. The van der Waals surface area contributed by atoms with Crippen molar-refractivity contribution in [3.63, 3.8) is 0 Å². The Morgan fingerprint density at radius 3 is 2.86 bits per heavy atom. The Balaban J connectivity index is 1.47. The molecular formula is C20H23N5O3. The molecule has 0 saturated carbocycles. The van der Waals surface area contributed by atoms with E-state index >= 15 is 0 Å². The van der Waals surface area contributed by atoms with E-state index in [2.05, 4.69) is 15.2 Å². The van der Waals surface area contributed by atoms with Gasteiger partial charge in [0.15, 0.2) is 11.5 Å². The number of amides is 1. The first-order valence-electron chi connectivity index (χ1n) is 9.38. The van der Waals surface area contributed by atoms with Crippen LogP contribution in [-0.4, -0.2) is 37.8 Å². The summed E-state index contributed by atoms with van der Waals surface area (Å²) < 4.78 is 12.5. The van der Waals surface area contributed by atoms with E-state index in [-0.39, 0.29) is 5.91 Å². The maximum Gasteiger partial charge on any atom is 0.278 e. The van der Waals surface area contributed by atoms with Gasteiger partial charge in [0.25, 0.3) is 5.89 Å². The Morgan fingerprint density at radius 1 is 1.29 bits per heavy atom. The molecule has 1 aromatic carbocycles. The van der Waals surface area contributed by atoms with Crippen LogP contribution in [0.1, 0.15) is 36.0 Å². The van der Waals surface area contributed by atoms with Gasteiger partial charge in [0.2, 0.25) is 5.91 Å². The molecule has 0 N–H and O–H groups in total. The van der Waals surface area contributed by atoms with Gasteiger partial charge in [-0.25, -0.2) is 0 Å². The lowest BCUT2D eigenvalue weighted by Crippen LogP contribution is -2.26. The minimum atomic E-state index is 0.104. The van der Waals surface area contributed by atoms with Gasteiger partial charge < -0.3 is 14.2 Å². The topological polar surface area (TPSA) is 86.3 Å². The summed E-state index contributed by atoms with van der Waals surface area (Å²) in [5.41, 5.74) is 3.71. The Labute approximate surface area is 163 Å². The van der Waals surface area contributed by atoms with Gasteiger partial charge in [-0.05, 0) is 18.1 Å². The maximum atomic E-state index is 12.8. The molecule has 2 aromatic heterocycles. The van der Waals surface area contributed by atoms with Crippen molar-refractivity contribution in [3.05, 3.63) is 46.9 Å². The molecule has 0 atom stereocenters. The molecule has 0 fully saturated rings. The predicted octanol–water partition coefficient (Wildman–Crippen LogP) is 2.52. The van der Waals surface area contributed by atoms with E-state index in [9.17, 15) is 4.79 Å². The van der Waals surface area contributed by atoms with E-state index in [1.54, 1.807) is 11.8 Å². The van der Waals surface area contributed by atoms with Crippen LogP contribution in [0.4, 0.5) is 0 Å². The Bertz CT molecular complexity index is 1010. The van der Waals surface area contributed by atoms with Crippen molar-refractivity contribution in [2.24, 2.45) is 7.05 Å². The fraction of sp³-hybridized carbons (Fsp3) is 0.400. The molecule has 8 heteroatoms. The highest BCUT2D eigenvalue weighted by molar-refractivity contribution is 5.78. The van der Waals surface area contributed by atoms with Crippen LogP contribution in [0.25, 0.3) is 11.6 Å². The summed E-state index contributed by atoms with van der Waals surface area (Å²) in [7, 11) is 3.52. The predicted molar refractivity (Wildman–Crippen MR) is 101 cm³/mol. The van der Waals surface area contributed by atoms with Crippen molar-refractivity contribution in [1.29, 1.82) is 0 Å². The molecule has 0 aliphatic carbocycles. The number of hydrogen-bond donors (Lipinski definition) is 0. The average Bonchev–Trinajstić information content (AvgIpc) is 3.43. The summed E-state index contributed by atoms with van der Waals surface area (Å²) in [6, 6.07) is 7.80. The number of carbonyl (C=O) groups is 1. The largest absolute Gasteiger partial charge is 0.496 e. The van der Waals surface area contributed by atoms with Gasteiger partial charge in [0.1, 0.15) is 5.75 Å². The second kappa shape index (κ2) is 7.46. The monoisotopic (exact) mass is 381 g/mol. The number of benzene rings is 1. The molecule has 1 aliphatic rings. The van der Waals surface area contributed by atoms with E-state index in [1.807, 2.05) is 43.1 Å². The molecular weight excluding hydrogens is 358 g/mol. The first kappa shape index (κ1) is 18.2. The Hall–Kier alpha value is -3.16. The minimum Gasteiger partial charge on any atom is -0.496 e. The highest BCUT2D eigenvalue weighted by atomic mass is 16.5. The van der Waals surface area contributed by atoms with Gasteiger partial charge >= 0.3 is 0 Å². The van der Waals surface area contributed by atoms with Gasteiger partial charge in [0, 0.05) is 25.5 Å². The van der Waals surface area contributed by atoms with Crippen molar-refractivity contribution in [2.45, 2.75) is 39.3 Å². The number of hydrogen-bond acceptors (Lipinski definition) is 6. The summed E-state index contributed by atoms with van der Waals surface area (Å²) in [4.78, 5) is 19.0. The summed E-state index contributed by atoms with van der Waals surface area (Å²) in [6.07, 6.45) is 1.77. The van der Waals surface area contributed by atoms with Crippen LogP contribution in [-0.2, 0) is 37.8 Å². The Kier molecular flexibility index (Phi) is 4.85. The fourth-order valence-corrected chi connectivity index (χ4v) is 3.55. The third kappa shape index (κ3) is 3.26. The van der Waals surface area contributed by atoms with E-state index < -0.39 is 0 Å². The number of aromatic nitrogens is 4. The lowest BCUT2D eigenvalue weighted by molar-refractivity contribution is -0.131. The molecule has 0 saturated heterocycles. The SMILES string of the molecule is CCc1noc(-c2nn(C)c3c2CN(C(=O)CCc2ccccc2OC)C3)n1. The zero-order chi connectivity index (χ0) is 19.7. The number of para-hydroxylation sites is 1. The standard InChI is InChI=1S/C20H23N5O3/c1-4-17-21-20(28-23-17)19-14-11-25(12-15(14)24(2)22-19)18(26)10-9-13-7-5-6-8-16(13)27-3/h5-8H,4,9-12H2,1-3H3. The molecule has 3 heterocycles. The smallest absolute Gasteiger partial charge is 0.278 e. The normalized spacial score (nSPS) is 13.0. The minimum absolute atomic E-state index is 0.104. The van der Waals surface area contributed by atoms with Crippen LogP contribution in [0.2, 0.25) is 0 Å². The number of fused-ring (bicyclic) bond motifs is 1. The number of rotatable bonds is 6. The average molecular weight is 381 g/mol. The van der Waals surface area contributed by atoms with Gasteiger partial charge in [-0.15, -0.1) is 0 Å². The van der Waals surface area contributed by atoms with Crippen LogP contribution in [0.3, 0.4) is 0 Å². The molecule has 8 nitrogen and oxygen atoms in total. The van der Waals surface area contributed by atoms with Crippen LogP contribution in [0.5, 0.6) is 5.75 Å². The summed E-state index contributed by atoms with van der Waals surface area (Å²) >= 11 is 0. The highest BCUT2D eigenvalue weighted by Gasteiger charge is 2.31. The van der Waals surface area contributed by atoms with Crippen molar-refractivity contribution in [3.8, 4) is 17.3 Å². The van der Waals surface area contributed by atoms with Crippen molar-refractivity contribution in [1.82, 2.24) is 24.8 Å². The lowest BCUT2D eigenvalue weighted by atomic mass is 10.1. The number of carbonyl (C=O) groups excluding carboxylic acids is 1. The lowest BCUT2D eigenvalue weighted by Gasteiger charge is -2.16. The zero-order valence-corrected chi connectivity index (χ0v) is 16.3. The third-order valence-electron chi connectivity index (χ3n) is 5.10. The van der Waals surface area contributed by atoms with E-state index in [0.29, 0.717) is 49.8 Å². The van der Waals surface area contributed by atoms with Crippen LogP contribution >= 0.6 is 0 Å². The molecule has 0 bridgehead atoms. The molecule has 0 radical (unpaired) electrons. The molecule has 4 rings (SSSR count). The summed E-state index contributed by atoms with van der Waals surface area (Å²) in [5.74, 6) is 1.98. The molecule has 0 unspecified atom stereocenters. The van der Waals surface area contributed by atoms with Gasteiger partial charge in [0.05, 0.1) is 25.9 Å². The molecule has 146 valence electrons. The first-order valence-corrected chi connectivity index (χ1v) is 9.38. The number of ether oxygens (including phenoxy) is 1.